The first-order valence-electron chi connectivity index (χ1n) is 5.59. The van der Waals surface area contributed by atoms with Crippen molar-refractivity contribution in [3.63, 3.8) is 0 Å². The van der Waals surface area contributed by atoms with Crippen LogP contribution in [0.25, 0.3) is 0 Å². The van der Waals surface area contributed by atoms with Crippen LogP contribution in [0.2, 0.25) is 0 Å². The molecule has 5 nitrogen and oxygen atoms in total. The molecule has 1 saturated carbocycles. The number of carboxylic acid groups (broad SMARTS) is 1. The summed E-state index contributed by atoms with van der Waals surface area (Å²) in [7, 11) is 0. The van der Waals surface area contributed by atoms with Gasteiger partial charge in [0.25, 0.3) is 5.91 Å². The minimum absolute atomic E-state index is 0.227. The van der Waals surface area contributed by atoms with Gasteiger partial charge in [-0.1, -0.05) is 12.1 Å². The number of carboxylic acids is 1. The molecule has 92 valence electrons. The van der Waals surface area contributed by atoms with Crippen LogP contribution in [0.4, 0.5) is 0 Å². The summed E-state index contributed by atoms with van der Waals surface area (Å²) in [4.78, 5) is 22.9. The number of amides is 1. The van der Waals surface area contributed by atoms with Gasteiger partial charge in [0.05, 0.1) is 12.5 Å². The maximum Gasteiger partial charge on any atom is 0.329 e. The molecule has 0 atom stereocenters. The summed E-state index contributed by atoms with van der Waals surface area (Å²) in [5, 5.41) is 20.1. The van der Waals surface area contributed by atoms with Gasteiger partial charge >= 0.3 is 5.97 Å². The average molecular weight is 244 g/mol. The fraction of sp³-hybridized carbons (Fsp3) is 0.308. The van der Waals surface area contributed by atoms with Gasteiger partial charge in [0.1, 0.15) is 5.54 Å². The summed E-state index contributed by atoms with van der Waals surface area (Å²) >= 11 is 0. The van der Waals surface area contributed by atoms with Crippen molar-refractivity contribution < 1.29 is 14.7 Å². The lowest BCUT2D eigenvalue weighted by molar-refractivity contribution is -0.140. The molecule has 0 saturated heterocycles. The summed E-state index contributed by atoms with van der Waals surface area (Å²) < 4.78 is 0. The molecule has 0 unspecified atom stereocenters. The second kappa shape index (κ2) is 4.49. The van der Waals surface area contributed by atoms with E-state index in [1.807, 2.05) is 6.07 Å². The Morgan fingerprint density at radius 2 is 2.17 bits per heavy atom. The molecular weight excluding hydrogens is 232 g/mol. The Morgan fingerprint density at radius 1 is 1.44 bits per heavy atom. The zero-order chi connectivity index (χ0) is 13.2. The molecule has 0 radical (unpaired) electrons. The van der Waals surface area contributed by atoms with Crippen molar-refractivity contribution in [3.05, 3.63) is 35.4 Å². The summed E-state index contributed by atoms with van der Waals surface area (Å²) in [6.07, 6.45) is 1.16. The van der Waals surface area contributed by atoms with Crippen LogP contribution >= 0.6 is 0 Å². The molecular formula is C13H12N2O3. The van der Waals surface area contributed by atoms with Crippen LogP contribution in [0, 0.1) is 11.3 Å². The van der Waals surface area contributed by atoms with Gasteiger partial charge in [-0.15, -0.1) is 0 Å². The summed E-state index contributed by atoms with van der Waals surface area (Å²) in [5.74, 6) is -1.40. The zero-order valence-electron chi connectivity index (χ0n) is 9.64. The van der Waals surface area contributed by atoms with Gasteiger partial charge in [-0.2, -0.15) is 5.26 Å². The van der Waals surface area contributed by atoms with Crippen molar-refractivity contribution in [2.24, 2.45) is 0 Å². The SMILES string of the molecule is N#CCc1cccc(C(=O)NC2(C(=O)O)CC2)c1. The van der Waals surface area contributed by atoms with E-state index in [0.717, 1.165) is 5.56 Å². The Labute approximate surface area is 104 Å². The molecule has 5 heteroatoms. The summed E-state index contributed by atoms with van der Waals surface area (Å²) in [6, 6.07) is 8.65. The molecule has 0 aromatic heterocycles. The number of rotatable bonds is 4. The van der Waals surface area contributed by atoms with E-state index < -0.39 is 17.4 Å². The van der Waals surface area contributed by atoms with E-state index in [2.05, 4.69) is 5.32 Å². The maximum atomic E-state index is 11.9. The maximum absolute atomic E-state index is 11.9. The Morgan fingerprint density at radius 3 is 2.72 bits per heavy atom. The Hall–Kier alpha value is -2.35. The zero-order valence-corrected chi connectivity index (χ0v) is 9.64. The Kier molecular flexibility index (Phi) is 3.02. The minimum atomic E-state index is -1.08. The molecule has 18 heavy (non-hydrogen) atoms. The third-order valence-electron chi connectivity index (χ3n) is 2.98. The quantitative estimate of drug-likeness (QED) is 0.829. The number of hydrogen-bond donors (Lipinski definition) is 2. The highest BCUT2D eigenvalue weighted by Crippen LogP contribution is 2.35. The minimum Gasteiger partial charge on any atom is -0.480 e. The molecule has 0 aliphatic heterocycles. The summed E-state index contributed by atoms with van der Waals surface area (Å²) in [6.45, 7) is 0. The van der Waals surface area contributed by atoms with Crippen LogP contribution in [0.1, 0.15) is 28.8 Å². The number of nitrogens with zero attached hydrogens (tertiary/aromatic N) is 1. The van der Waals surface area contributed by atoms with Crippen LogP contribution < -0.4 is 5.32 Å². The predicted octanol–water partition coefficient (Wildman–Crippen LogP) is 1.10. The topological polar surface area (TPSA) is 90.2 Å². The van der Waals surface area contributed by atoms with Crippen LogP contribution in [-0.2, 0) is 11.2 Å². The molecule has 1 aromatic carbocycles. The van der Waals surface area contributed by atoms with Gasteiger partial charge < -0.3 is 10.4 Å². The number of benzene rings is 1. The van der Waals surface area contributed by atoms with Gasteiger partial charge in [-0.05, 0) is 30.5 Å². The first-order chi connectivity index (χ1) is 8.57. The van der Waals surface area contributed by atoms with E-state index in [-0.39, 0.29) is 6.42 Å². The lowest BCUT2D eigenvalue weighted by atomic mass is 10.1. The Balaban J connectivity index is 2.12. The first kappa shape index (κ1) is 12.1. The molecule has 1 amide bonds. The molecule has 2 rings (SSSR count). The normalized spacial score (nSPS) is 15.5. The summed E-state index contributed by atoms with van der Waals surface area (Å²) in [5.41, 5.74) is 0.0445. The van der Waals surface area contributed by atoms with Crippen molar-refractivity contribution in [2.75, 3.05) is 0 Å². The standard InChI is InChI=1S/C13H12N2O3/c14-7-4-9-2-1-3-10(8-9)11(16)15-13(5-6-13)12(17)18/h1-3,8H,4-6H2,(H,15,16)(H,17,18). The number of carbonyl (C=O) groups excluding carboxylic acids is 1. The van der Waals surface area contributed by atoms with Crippen LogP contribution in [0.3, 0.4) is 0 Å². The lowest BCUT2D eigenvalue weighted by Crippen LogP contribution is -2.43. The van der Waals surface area contributed by atoms with E-state index in [1.165, 1.54) is 0 Å². The number of nitrogens with one attached hydrogen (secondary N) is 1. The van der Waals surface area contributed by atoms with Gasteiger partial charge in [0, 0.05) is 5.56 Å². The molecule has 1 aliphatic carbocycles. The van der Waals surface area contributed by atoms with E-state index in [4.69, 9.17) is 10.4 Å². The van der Waals surface area contributed by atoms with Crippen molar-refractivity contribution in [1.29, 1.82) is 5.26 Å². The van der Waals surface area contributed by atoms with Gasteiger partial charge in [0.15, 0.2) is 0 Å². The van der Waals surface area contributed by atoms with Crippen LogP contribution in [0.15, 0.2) is 24.3 Å². The van der Waals surface area contributed by atoms with Gasteiger partial charge in [-0.25, -0.2) is 4.79 Å². The van der Waals surface area contributed by atoms with Crippen LogP contribution in [0.5, 0.6) is 0 Å². The van der Waals surface area contributed by atoms with E-state index >= 15 is 0 Å². The number of hydrogen-bond acceptors (Lipinski definition) is 3. The van der Waals surface area contributed by atoms with E-state index in [1.54, 1.807) is 24.3 Å². The highest BCUT2D eigenvalue weighted by atomic mass is 16.4. The van der Waals surface area contributed by atoms with E-state index in [9.17, 15) is 9.59 Å². The highest BCUT2D eigenvalue weighted by Gasteiger charge is 2.51. The Bertz CT molecular complexity index is 541. The fourth-order valence-electron chi connectivity index (χ4n) is 1.72. The second-order valence-electron chi connectivity index (χ2n) is 4.38. The first-order valence-corrected chi connectivity index (χ1v) is 5.59. The predicted molar refractivity (Wildman–Crippen MR) is 62.8 cm³/mol. The van der Waals surface area contributed by atoms with Crippen molar-refractivity contribution in [2.45, 2.75) is 24.8 Å². The molecule has 1 aromatic rings. The fourth-order valence-corrected chi connectivity index (χ4v) is 1.72. The molecule has 1 fully saturated rings. The van der Waals surface area contributed by atoms with Gasteiger partial charge in [0.2, 0.25) is 0 Å². The lowest BCUT2D eigenvalue weighted by Gasteiger charge is -2.12. The van der Waals surface area contributed by atoms with Crippen LogP contribution in [-0.4, -0.2) is 22.5 Å². The van der Waals surface area contributed by atoms with Crippen molar-refractivity contribution in [1.82, 2.24) is 5.32 Å². The second-order valence-corrected chi connectivity index (χ2v) is 4.38. The monoisotopic (exact) mass is 244 g/mol. The number of nitriles is 1. The number of carbonyl (C=O) groups is 2. The highest BCUT2D eigenvalue weighted by molar-refractivity contribution is 5.99. The molecule has 0 heterocycles. The van der Waals surface area contributed by atoms with Gasteiger partial charge in [-0.3, -0.25) is 4.79 Å². The third kappa shape index (κ3) is 2.33. The smallest absolute Gasteiger partial charge is 0.329 e. The molecule has 1 aliphatic rings. The largest absolute Gasteiger partial charge is 0.480 e. The van der Waals surface area contributed by atoms with Crippen molar-refractivity contribution in [3.8, 4) is 6.07 Å². The number of aliphatic carboxylic acids is 1. The van der Waals surface area contributed by atoms with E-state index in [0.29, 0.717) is 18.4 Å². The molecule has 0 bridgehead atoms. The molecule has 0 spiro atoms. The van der Waals surface area contributed by atoms with Crippen molar-refractivity contribution >= 4 is 11.9 Å². The average Bonchev–Trinajstić information content (AvgIpc) is 3.11. The third-order valence-corrected chi connectivity index (χ3v) is 2.98. The molecule has 2 N–H and O–H groups in total.